The Bertz CT molecular complexity index is 766. The van der Waals surface area contributed by atoms with E-state index in [-0.39, 0.29) is 10.7 Å². The predicted octanol–water partition coefficient (Wildman–Crippen LogP) is 3.00. The van der Waals surface area contributed by atoms with Gasteiger partial charge in [0.25, 0.3) is 10.0 Å². The maximum absolute atomic E-state index is 13.1. The molecule has 3 N–H and O–H groups in total. The summed E-state index contributed by atoms with van der Waals surface area (Å²) in [5.74, 6) is -2.38. The second kappa shape index (κ2) is 5.26. The first-order valence-electron chi connectivity index (χ1n) is 5.32. The lowest BCUT2D eigenvalue weighted by molar-refractivity contribution is 0.504. The number of hydrogen-bond donors (Lipinski definition) is 2. The zero-order chi connectivity index (χ0) is 14.9. The van der Waals surface area contributed by atoms with Gasteiger partial charge in [0, 0.05) is 5.69 Å². The largest absolute Gasteiger partial charge is 0.399 e. The van der Waals surface area contributed by atoms with E-state index in [1.807, 2.05) is 0 Å². The molecule has 0 aliphatic carbocycles. The van der Waals surface area contributed by atoms with Gasteiger partial charge in [0.05, 0.1) is 15.6 Å². The van der Waals surface area contributed by atoms with Crippen LogP contribution in [-0.4, -0.2) is 8.42 Å². The number of nitrogen functional groups attached to an aromatic ring is 1. The van der Waals surface area contributed by atoms with Crippen LogP contribution in [0.25, 0.3) is 0 Å². The quantitative estimate of drug-likeness (QED) is 0.854. The molecule has 0 aliphatic rings. The Morgan fingerprint density at radius 3 is 2.35 bits per heavy atom. The number of nitrogens with one attached hydrogen (secondary N) is 1. The molecule has 0 aromatic heterocycles. The standard InChI is InChI=1S/C12H9ClF2N2O2S/c13-9-5-7(16)1-4-12(9)17-20(18,19)8-2-3-10(14)11(15)6-8/h1-6,17H,16H2. The van der Waals surface area contributed by atoms with Gasteiger partial charge in [0.2, 0.25) is 0 Å². The molecule has 0 heterocycles. The number of sulfonamides is 1. The van der Waals surface area contributed by atoms with Gasteiger partial charge in [-0.05, 0) is 36.4 Å². The highest BCUT2D eigenvalue weighted by atomic mass is 35.5. The van der Waals surface area contributed by atoms with Crippen molar-refractivity contribution in [1.82, 2.24) is 0 Å². The number of benzene rings is 2. The number of hydrogen-bond acceptors (Lipinski definition) is 3. The minimum absolute atomic E-state index is 0.0885. The van der Waals surface area contributed by atoms with Gasteiger partial charge in [-0.25, -0.2) is 17.2 Å². The number of anilines is 2. The summed E-state index contributed by atoms with van der Waals surface area (Å²) in [6, 6.07) is 6.46. The highest BCUT2D eigenvalue weighted by molar-refractivity contribution is 7.92. The maximum atomic E-state index is 13.1. The van der Waals surface area contributed by atoms with E-state index >= 15 is 0 Å². The molecule has 2 rings (SSSR count). The number of halogens is 3. The molecular weight excluding hydrogens is 310 g/mol. The molecule has 0 atom stereocenters. The summed E-state index contributed by atoms with van der Waals surface area (Å²) in [6.07, 6.45) is 0. The molecule has 4 nitrogen and oxygen atoms in total. The van der Waals surface area contributed by atoms with Gasteiger partial charge in [0.15, 0.2) is 11.6 Å². The molecule has 106 valence electrons. The molecular formula is C12H9ClF2N2O2S. The summed E-state index contributed by atoms with van der Waals surface area (Å²) in [5, 5.41) is 0.0937. The first-order chi connectivity index (χ1) is 9.29. The lowest BCUT2D eigenvalue weighted by Gasteiger charge is -2.10. The molecule has 0 aliphatic heterocycles. The molecule has 0 bridgehead atoms. The van der Waals surface area contributed by atoms with Crippen LogP contribution in [-0.2, 0) is 10.0 Å². The summed E-state index contributed by atoms with van der Waals surface area (Å²) in [6.45, 7) is 0. The van der Waals surface area contributed by atoms with Gasteiger partial charge < -0.3 is 5.73 Å². The maximum Gasteiger partial charge on any atom is 0.262 e. The fourth-order valence-electron chi connectivity index (χ4n) is 1.46. The Balaban J connectivity index is 2.38. The van der Waals surface area contributed by atoms with Crippen molar-refractivity contribution in [2.75, 3.05) is 10.5 Å². The summed E-state index contributed by atoms with van der Waals surface area (Å²) in [5.41, 5.74) is 5.94. The monoisotopic (exact) mass is 318 g/mol. The van der Waals surface area contributed by atoms with Gasteiger partial charge in [-0.1, -0.05) is 11.6 Å². The Labute approximate surface area is 119 Å². The fraction of sp³-hybridized carbons (Fsp3) is 0. The van der Waals surface area contributed by atoms with Crippen LogP contribution in [0.5, 0.6) is 0 Å². The molecule has 0 radical (unpaired) electrons. The Hall–Kier alpha value is -1.86. The van der Waals surface area contributed by atoms with Crippen LogP contribution in [0.1, 0.15) is 0 Å². The second-order valence-electron chi connectivity index (χ2n) is 3.92. The summed E-state index contributed by atoms with van der Waals surface area (Å²) < 4.78 is 52.1. The van der Waals surface area contributed by atoms with Crippen molar-refractivity contribution in [2.45, 2.75) is 4.90 Å². The van der Waals surface area contributed by atoms with Crippen molar-refractivity contribution in [2.24, 2.45) is 0 Å². The van der Waals surface area contributed by atoms with E-state index in [1.165, 1.54) is 18.2 Å². The summed E-state index contributed by atoms with van der Waals surface area (Å²) in [4.78, 5) is -0.413. The molecule has 2 aromatic carbocycles. The molecule has 0 amide bonds. The number of rotatable bonds is 3. The van der Waals surface area contributed by atoms with Crippen LogP contribution in [0.4, 0.5) is 20.2 Å². The third kappa shape index (κ3) is 3.00. The van der Waals surface area contributed by atoms with Crippen molar-refractivity contribution in [3.8, 4) is 0 Å². The molecule has 0 spiro atoms. The summed E-state index contributed by atoms with van der Waals surface area (Å²) >= 11 is 5.84. The third-order valence-electron chi connectivity index (χ3n) is 2.44. The predicted molar refractivity (Wildman–Crippen MR) is 73.0 cm³/mol. The Morgan fingerprint density at radius 1 is 1.05 bits per heavy atom. The van der Waals surface area contributed by atoms with E-state index in [9.17, 15) is 17.2 Å². The van der Waals surface area contributed by atoms with E-state index in [1.54, 1.807) is 0 Å². The average molecular weight is 319 g/mol. The van der Waals surface area contributed by atoms with E-state index in [2.05, 4.69) is 4.72 Å². The van der Waals surface area contributed by atoms with Gasteiger partial charge in [0.1, 0.15) is 0 Å². The van der Waals surface area contributed by atoms with Crippen molar-refractivity contribution in [1.29, 1.82) is 0 Å². The van der Waals surface area contributed by atoms with Crippen LogP contribution in [0.2, 0.25) is 5.02 Å². The molecule has 8 heteroatoms. The Morgan fingerprint density at radius 2 is 1.75 bits per heavy atom. The fourth-order valence-corrected chi connectivity index (χ4v) is 2.85. The van der Waals surface area contributed by atoms with Crippen molar-refractivity contribution in [3.05, 3.63) is 53.1 Å². The number of nitrogens with two attached hydrogens (primary N) is 1. The van der Waals surface area contributed by atoms with E-state index < -0.39 is 26.6 Å². The lowest BCUT2D eigenvalue weighted by atomic mass is 10.3. The van der Waals surface area contributed by atoms with Crippen molar-refractivity contribution in [3.63, 3.8) is 0 Å². The Kier molecular flexibility index (Phi) is 3.82. The normalized spacial score (nSPS) is 11.3. The highest BCUT2D eigenvalue weighted by Gasteiger charge is 2.17. The topological polar surface area (TPSA) is 72.2 Å². The molecule has 2 aromatic rings. The average Bonchev–Trinajstić information content (AvgIpc) is 2.36. The van der Waals surface area contributed by atoms with E-state index in [4.69, 9.17) is 17.3 Å². The molecule has 20 heavy (non-hydrogen) atoms. The van der Waals surface area contributed by atoms with Crippen molar-refractivity contribution < 1.29 is 17.2 Å². The van der Waals surface area contributed by atoms with Crippen LogP contribution in [0.3, 0.4) is 0 Å². The van der Waals surface area contributed by atoms with Gasteiger partial charge in [-0.2, -0.15) is 0 Å². The van der Waals surface area contributed by atoms with Crippen LogP contribution >= 0.6 is 11.6 Å². The second-order valence-corrected chi connectivity index (χ2v) is 6.01. The van der Waals surface area contributed by atoms with Gasteiger partial charge >= 0.3 is 0 Å². The molecule has 0 saturated heterocycles. The van der Waals surface area contributed by atoms with Crippen LogP contribution in [0, 0.1) is 11.6 Å². The SMILES string of the molecule is Nc1ccc(NS(=O)(=O)c2ccc(F)c(F)c2)c(Cl)c1. The van der Waals surface area contributed by atoms with Gasteiger partial charge in [-0.15, -0.1) is 0 Å². The van der Waals surface area contributed by atoms with Crippen molar-refractivity contribution >= 4 is 33.0 Å². The zero-order valence-corrected chi connectivity index (χ0v) is 11.5. The van der Waals surface area contributed by atoms with Gasteiger partial charge in [-0.3, -0.25) is 4.72 Å². The zero-order valence-electron chi connectivity index (χ0n) is 9.90. The lowest BCUT2D eigenvalue weighted by Crippen LogP contribution is -2.13. The van der Waals surface area contributed by atoms with Crippen LogP contribution in [0.15, 0.2) is 41.3 Å². The highest BCUT2D eigenvalue weighted by Crippen LogP contribution is 2.26. The van der Waals surface area contributed by atoms with E-state index in [0.29, 0.717) is 11.8 Å². The molecule has 0 fully saturated rings. The molecule has 0 saturated carbocycles. The first-order valence-corrected chi connectivity index (χ1v) is 7.18. The summed E-state index contributed by atoms with van der Waals surface area (Å²) in [7, 11) is -4.07. The third-order valence-corrected chi connectivity index (χ3v) is 4.11. The van der Waals surface area contributed by atoms with Crippen LogP contribution < -0.4 is 10.5 Å². The minimum Gasteiger partial charge on any atom is -0.399 e. The van der Waals surface area contributed by atoms with E-state index in [0.717, 1.165) is 12.1 Å². The smallest absolute Gasteiger partial charge is 0.262 e. The first kappa shape index (κ1) is 14.5. The minimum atomic E-state index is -4.07. The molecule has 0 unspecified atom stereocenters.